The highest BCUT2D eigenvalue weighted by molar-refractivity contribution is 7.11. The standard InChI is InChI=1S/C17H28N2O2S/c1-14(2)19-7-8-20-13-17(12-19)11-18(6-9-21-17)10-16-5-4-15(3)22-16/h4-5,14H,6-13H2,1-3H3/t17-/m1/s1. The summed E-state index contributed by atoms with van der Waals surface area (Å²) in [6, 6.07) is 5.01. The van der Waals surface area contributed by atoms with Crippen LogP contribution in [0.2, 0.25) is 0 Å². The summed E-state index contributed by atoms with van der Waals surface area (Å²) in [6.45, 7) is 14.0. The molecule has 5 heteroatoms. The molecule has 0 aromatic carbocycles. The van der Waals surface area contributed by atoms with Crippen molar-refractivity contribution in [3.05, 3.63) is 21.9 Å². The topological polar surface area (TPSA) is 24.9 Å². The molecule has 0 saturated carbocycles. The Hall–Kier alpha value is -0.460. The van der Waals surface area contributed by atoms with E-state index in [2.05, 4.69) is 42.7 Å². The largest absolute Gasteiger partial charge is 0.377 e. The average molecular weight is 324 g/mol. The highest BCUT2D eigenvalue weighted by Crippen LogP contribution is 2.26. The van der Waals surface area contributed by atoms with Crippen LogP contribution in [-0.4, -0.2) is 67.4 Å². The molecule has 2 aliphatic rings. The second-order valence-electron chi connectivity index (χ2n) is 6.87. The highest BCUT2D eigenvalue weighted by Gasteiger charge is 2.40. The van der Waals surface area contributed by atoms with Crippen LogP contribution in [0.4, 0.5) is 0 Å². The van der Waals surface area contributed by atoms with Gasteiger partial charge in [-0.2, -0.15) is 0 Å². The molecule has 1 aromatic rings. The number of rotatable bonds is 3. The Morgan fingerprint density at radius 1 is 1.23 bits per heavy atom. The maximum absolute atomic E-state index is 6.24. The van der Waals surface area contributed by atoms with Gasteiger partial charge in [0, 0.05) is 48.5 Å². The lowest BCUT2D eigenvalue weighted by atomic mass is 10.0. The second kappa shape index (κ2) is 6.97. The van der Waals surface area contributed by atoms with Gasteiger partial charge in [0.05, 0.1) is 19.8 Å². The zero-order valence-corrected chi connectivity index (χ0v) is 14.8. The van der Waals surface area contributed by atoms with E-state index in [-0.39, 0.29) is 5.60 Å². The van der Waals surface area contributed by atoms with Crippen LogP contribution >= 0.6 is 11.3 Å². The molecule has 2 saturated heterocycles. The molecule has 4 nitrogen and oxygen atoms in total. The van der Waals surface area contributed by atoms with Crippen LogP contribution in [0.15, 0.2) is 12.1 Å². The predicted octanol–water partition coefficient (Wildman–Crippen LogP) is 2.37. The van der Waals surface area contributed by atoms with E-state index in [0.717, 1.165) is 52.5 Å². The molecule has 3 rings (SSSR count). The fourth-order valence-electron chi connectivity index (χ4n) is 3.41. The van der Waals surface area contributed by atoms with Crippen LogP contribution in [0.3, 0.4) is 0 Å². The Bertz CT molecular complexity index is 491. The number of hydrogen-bond acceptors (Lipinski definition) is 5. The molecule has 0 amide bonds. The molecule has 0 radical (unpaired) electrons. The quantitative estimate of drug-likeness (QED) is 0.852. The van der Waals surface area contributed by atoms with E-state index in [4.69, 9.17) is 9.47 Å². The maximum atomic E-state index is 6.24. The van der Waals surface area contributed by atoms with Crippen LogP contribution in [0.5, 0.6) is 0 Å². The van der Waals surface area contributed by atoms with Gasteiger partial charge in [-0.15, -0.1) is 11.3 Å². The van der Waals surface area contributed by atoms with Gasteiger partial charge in [0.15, 0.2) is 0 Å². The molecular weight excluding hydrogens is 296 g/mol. The van der Waals surface area contributed by atoms with Crippen LogP contribution in [0, 0.1) is 6.92 Å². The van der Waals surface area contributed by atoms with Crippen molar-refractivity contribution in [3.63, 3.8) is 0 Å². The molecular formula is C17H28N2O2S. The third-order valence-corrected chi connectivity index (χ3v) is 5.60. The van der Waals surface area contributed by atoms with E-state index in [1.807, 2.05) is 11.3 Å². The van der Waals surface area contributed by atoms with Crippen molar-refractivity contribution in [2.45, 2.75) is 39.0 Å². The van der Waals surface area contributed by atoms with Gasteiger partial charge in [-0.25, -0.2) is 0 Å². The second-order valence-corrected chi connectivity index (χ2v) is 8.24. The van der Waals surface area contributed by atoms with Crippen LogP contribution < -0.4 is 0 Å². The van der Waals surface area contributed by atoms with Crippen molar-refractivity contribution in [1.29, 1.82) is 0 Å². The summed E-state index contributed by atoms with van der Waals surface area (Å²) in [5, 5.41) is 0. The summed E-state index contributed by atoms with van der Waals surface area (Å²) >= 11 is 1.90. The molecule has 1 spiro atoms. The Balaban J connectivity index is 1.67. The van der Waals surface area contributed by atoms with Gasteiger partial charge in [0.1, 0.15) is 5.60 Å². The maximum Gasteiger partial charge on any atom is 0.117 e. The fourth-order valence-corrected chi connectivity index (χ4v) is 4.34. The number of thiophene rings is 1. The average Bonchev–Trinajstić information content (AvgIpc) is 2.76. The third kappa shape index (κ3) is 3.89. The number of morpholine rings is 1. The summed E-state index contributed by atoms with van der Waals surface area (Å²) in [5.74, 6) is 0. The summed E-state index contributed by atoms with van der Waals surface area (Å²) in [4.78, 5) is 7.86. The van der Waals surface area contributed by atoms with E-state index in [1.54, 1.807) is 0 Å². The molecule has 2 fully saturated rings. The number of nitrogens with zero attached hydrogens (tertiary/aromatic N) is 2. The molecule has 1 aromatic heterocycles. The van der Waals surface area contributed by atoms with E-state index in [0.29, 0.717) is 6.04 Å². The lowest BCUT2D eigenvalue weighted by molar-refractivity contribution is -0.144. The predicted molar refractivity (Wildman–Crippen MR) is 90.5 cm³/mol. The van der Waals surface area contributed by atoms with Gasteiger partial charge in [0.25, 0.3) is 0 Å². The lowest BCUT2D eigenvalue weighted by Gasteiger charge is -2.44. The van der Waals surface area contributed by atoms with Gasteiger partial charge in [-0.3, -0.25) is 9.80 Å². The van der Waals surface area contributed by atoms with Gasteiger partial charge < -0.3 is 9.47 Å². The highest BCUT2D eigenvalue weighted by atomic mass is 32.1. The van der Waals surface area contributed by atoms with E-state index >= 15 is 0 Å². The number of aryl methyl sites for hydroxylation is 1. The summed E-state index contributed by atoms with van der Waals surface area (Å²) in [7, 11) is 0. The first-order valence-electron chi connectivity index (χ1n) is 8.30. The van der Waals surface area contributed by atoms with Crippen molar-refractivity contribution in [2.24, 2.45) is 0 Å². The van der Waals surface area contributed by atoms with Crippen LogP contribution in [-0.2, 0) is 16.0 Å². The Morgan fingerprint density at radius 3 is 2.82 bits per heavy atom. The van der Waals surface area contributed by atoms with E-state index in [9.17, 15) is 0 Å². The monoisotopic (exact) mass is 324 g/mol. The Labute approximate surface area is 138 Å². The van der Waals surface area contributed by atoms with Gasteiger partial charge in [-0.1, -0.05) is 0 Å². The summed E-state index contributed by atoms with van der Waals surface area (Å²) in [6.07, 6.45) is 0. The van der Waals surface area contributed by atoms with Crippen molar-refractivity contribution in [3.8, 4) is 0 Å². The van der Waals surface area contributed by atoms with E-state index in [1.165, 1.54) is 9.75 Å². The van der Waals surface area contributed by atoms with Crippen LogP contribution in [0.25, 0.3) is 0 Å². The molecule has 0 bridgehead atoms. The lowest BCUT2D eigenvalue weighted by Crippen LogP contribution is -2.59. The minimum absolute atomic E-state index is 0.161. The van der Waals surface area contributed by atoms with Crippen molar-refractivity contribution < 1.29 is 9.47 Å². The summed E-state index contributed by atoms with van der Waals surface area (Å²) < 4.78 is 12.1. The molecule has 1 atom stereocenters. The molecule has 3 heterocycles. The van der Waals surface area contributed by atoms with Crippen molar-refractivity contribution in [1.82, 2.24) is 9.80 Å². The van der Waals surface area contributed by atoms with Gasteiger partial charge >= 0.3 is 0 Å². The molecule has 124 valence electrons. The fraction of sp³-hybridized carbons (Fsp3) is 0.765. The van der Waals surface area contributed by atoms with Crippen LogP contribution in [0.1, 0.15) is 23.6 Å². The van der Waals surface area contributed by atoms with Gasteiger partial charge in [0.2, 0.25) is 0 Å². The van der Waals surface area contributed by atoms with Crippen molar-refractivity contribution in [2.75, 3.05) is 46.0 Å². The minimum atomic E-state index is -0.161. The zero-order valence-electron chi connectivity index (χ0n) is 14.0. The molecule has 2 aliphatic heterocycles. The first-order chi connectivity index (χ1) is 10.6. The first kappa shape index (κ1) is 16.4. The number of hydrogen-bond donors (Lipinski definition) is 0. The smallest absolute Gasteiger partial charge is 0.117 e. The molecule has 0 aliphatic carbocycles. The third-order valence-electron chi connectivity index (χ3n) is 4.61. The Kier molecular flexibility index (Phi) is 5.20. The molecule has 22 heavy (non-hydrogen) atoms. The van der Waals surface area contributed by atoms with Crippen molar-refractivity contribution >= 4 is 11.3 Å². The zero-order chi connectivity index (χ0) is 15.6. The Morgan fingerprint density at radius 2 is 2.09 bits per heavy atom. The normalized spacial score (nSPS) is 28.4. The summed E-state index contributed by atoms with van der Waals surface area (Å²) in [5.41, 5.74) is -0.161. The first-order valence-corrected chi connectivity index (χ1v) is 9.11. The SMILES string of the molecule is Cc1ccc(CN2CCO[C@]3(COCCN(C(C)C)C3)C2)s1. The molecule has 0 unspecified atom stereocenters. The molecule has 0 N–H and O–H groups in total. The minimum Gasteiger partial charge on any atom is -0.377 e. The van der Waals surface area contributed by atoms with Gasteiger partial charge in [-0.05, 0) is 32.9 Å². The number of ether oxygens (including phenoxy) is 2. The van der Waals surface area contributed by atoms with E-state index < -0.39 is 0 Å².